The number of nitrogen functional groups attached to an aromatic ring is 1. The number of halogens is 1. The van der Waals surface area contributed by atoms with E-state index in [0.717, 1.165) is 0 Å². The quantitative estimate of drug-likeness (QED) is 0.686. The first-order valence-electron chi connectivity index (χ1n) is 5.67. The Bertz CT molecular complexity index is 647. The molecular weight excluding hydrogens is 284 g/mol. The number of anilines is 1. The zero-order valence-corrected chi connectivity index (χ0v) is 11.3. The van der Waals surface area contributed by atoms with Gasteiger partial charge in [0.25, 0.3) is 0 Å². The molecule has 2 rings (SSSR count). The summed E-state index contributed by atoms with van der Waals surface area (Å²) in [7, 11) is 0. The molecule has 1 heterocycles. The number of carbonyl (C=O) groups is 2. The Kier molecular flexibility index (Phi) is 4.05. The van der Waals surface area contributed by atoms with E-state index in [2.05, 4.69) is 9.68 Å². The molecule has 0 saturated heterocycles. The molecule has 0 saturated carbocycles. The van der Waals surface area contributed by atoms with Crippen LogP contribution >= 0.6 is 11.6 Å². The second-order valence-corrected chi connectivity index (χ2v) is 4.39. The number of aryl methyl sites for hydroxylation is 1. The highest BCUT2D eigenvalue weighted by Crippen LogP contribution is 2.18. The van der Waals surface area contributed by atoms with Crippen molar-refractivity contribution in [3.05, 3.63) is 46.1 Å². The van der Waals surface area contributed by atoms with E-state index in [1.165, 1.54) is 0 Å². The average Bonchev–Trinajstić information content (AvgIpc) is 2.76. The molecule has 0 radical (unpaired) electrons. The minimum Gasteiger partial charge on any atom is -0.453 e. The number of aromatic nitrogens is 1. The minimum absolute atomic E-state index is 0.0250. The summed E-state index contributed by atoms with van der Waals surface area (Å²) in [5, 5.41) is 3.83. The van der Waals surface area contributed by atoms with E-state index < -0.39 is 18.4 Å². The van der Waals surface area contributed by atoms with Crippen molar-refractivity contribution < 1.29 is 18.8 Å². The molecule has 20 heavy (non-hydrogen) atoms. The first-order chi connectivity index (χ1) is 9.50. The van der Waals surface area contributed by atoms with Crippen LogP contribution in [0, 0.1) is 6.92 Å². The Morgan fingerprint density at radius 2 is 2.10 bits per heavy atom. The lowest BCUT2D eigenvalue weighted by molar-refractivity contribution is 0.0474. The third kappa shape index (κ3) is 2.80. The summed E-state index contributed by atoms with van der Waals surface area (Å²) in [5.74, 6) is -1.31. The molecule has 0 aliphatic heterocycles. The Morgan fingerprint density at radius 3 is 2.70 bits per heavy atom. The summed E-state index contributed by atoms with van der Waals surface area (Å²) in [6.07, 6.45) is 0. The zero-order chi connectivity index (χ0) is 14.7. The smallest absolute Gasteiger partial charge is 0.346 e. The maximum absolute atomic E-state index is 11.9. The van der Waals surface area contributed by atoms with Gasteiger partial charge in [0.15, 0.2) is 6.61 Å². The third-order valence-corrected chi connectivity index (χ3v) is 2.93. The van der Waals surface area contributed by atoms with Gasteiger partial charge < -0.3 is 15.0 Å². The fourth-order valence-electron chi connectivity index (χ4n) is 1.60. The number of hydrogen-bond donors (Lipinski definition) is 1. The van der Waals surface area contributed by atoms with Gasteiger partial charge >= 0.3 is 5.97 Å². The molecule has 104 valence electrons. The van der Waals surface area contributed by atoms with Crippen LogP contribution in [0.4, 0.5) is 5.88 Å². The molecule has 0 unspecified atom stereocenters. The molecular formula is C13H11ClN2O4. The van der Waals surface area contributed by atoms with Crippen molar-refractivity contribution in [2.45, 2.75) is 6.92 Å². The van der Waals surface area contributed by atoms with Crippen molar-refractivity contribution in [3.63, 3.8) is 0 Å². The molecule has 0 atom stereocenters. The van der Waals surface area contributed by atoms with Gasteiger partial charge in [-0.1, -0.05) is 28.9 Å². The van der Waals surface area contributed by atoms with Gasteiger partial charge in [-0.05, 0) is 19.1 Å². The molecule has 1 aromatic carbocycles. The fraction of sp³-hybridized carbons (Fsp3) is 0.154. The maximum atomic E-state index is 11.9. The van der Waals surface area contributed by atoms with E-state index in [9.17, 15) is 9.59 Å². The second-order valence-electron chi connectivity index (χ2n) is 3.99. The number of benzene rings is 1. The fourth-order valence-corrected chi connectivity index (χ4v) is 1.85. The molecule has 6 nitrogen and oxygen atoms in total. The number of Topliss-reactive ketones (excluding diaryl/α,β-unsaturated/α-hetero) is 1. The molecule has 7 heteroatoms. The van der Waals surface area contributed by atoms with E-state index in [0.29, 0.717) is 10.7 Å². The molecule has 0 aliphatic carbocycles. The lowest BCUT2D eigenvalue weighted by Gasteiger charge is -2.05. The number of nitrogens with zero attached hydrogens (tertiary/aromatic N) is 1. The number of rotatable bonds is 4. The first-order valence-corrected chi connectivity index (χ1v) is 6.05. The van der Waals surface area contributed by atoms with Gasteiger partial charge in [0.2, 0.25) is 11.7 Å². The van der Waals surface area contributed by atoms with Gasteiger partial charge in [-0.15, -0.1) is 0 Å². The summed E-state index contributed by atoms with van der Waals surface area (Å²) < 4.78 is 9.54. The van der Waals surface area contributed by atoms with Gasteiger partial charge in [0, 0.05) is 5.56 Å². The summed E-state index contributed by atoms with van der Waals surface area (Å²) in [6.45, 7) is 1.11. The topological polar surface area (TPSA) is 95.4 Å². The number of ketones is 1. The lowest BCUT2D eigenvalue weighted by Crippen LogP contribution is -2.15. The largest absolute Gasteiger partial charge is 0.453 e. The number of carbonyl (C=O) groups excluding carboxylic acids is 2. The molecule has 0 amide bonds. The lowest BCUT2D eigenvalue weighted by atomic mass is 10.1. The van der Waals surface area contributed by atoms with Crippen LogP contribution in [0.5, 0.6) is 0 Å². The summed E-state index contributed by atoms with van der Waals surface area (Å²) in [6, 6.07) is 6.51. The molecule has 2 N–H and O–H groups in total. The highest BCUT2D eigenvalue weighted by molar-refractivity contribution is 6.34. The highest BCUT2D eigenvalue weighted by atomic mass is 35.5. The number of hydrogen-bond acceptors (Lipinski definition) is 6. The van der Waals surface area contributed by atoms with E-state index >= 15 is 0 Å². The standard InChI is InChI=1S/C13H11ClN2O4/c1-7-11(12(15)20-16-7)13(18)19-6-10(17)8-4-2-3-5-9(8)14/h2-5H,6,15H2,1H3. The van der Waals surface area contributed by atoms with Gasteiger partial charge in [-0.2, -0.15) is 0 Å². The highest BCUT2D eigenvalue weighted by Gasteiger charge is 2.21. The van der Waals surface area contributed by atoms with Crippen LogP contribution in [0.2, 0.25) is 5.02 Å². The SMILES string of the molecule is Cc1noc(N)c1C(=O)OCC(=O)c1ccccc1Cl. The summed E-state index contributed by atoms with van der Waals surface area (Å²) in [4.78, 5) is 23.7. The number of esters is 1. The van der Waals surface area contributed by atoms with Crippen LogP contribution in [0.15, 0.2) is 28.8 Å². The van der Waals surface area contributed by atoms with Crippen LogP contribution in [0.25, 0.3) is 0 Å². The zero-order valence-electron chi connectivity index (χ0n) is 10.6. The minimum atomic E-state index is -0.762. The van der Waals surface area contributed by atoms with Crippen molar-refractivity contribution in [1.29, 1.82) is 0 Å². The summed E-state index contributed by atoms with van der Waals surface area (Å²) >= 11 is 5.88. The average molecular weight is 295 g/mol. The van der Waals surface area contributed by atoms with Gasteiger partial charge in [-0.25, -0.2) is 4.79 Å². The Morgan fingerprint density at radius 1 is 1.40 bits per heavy atom. The monoisotopic (exact) mass is 294 g/mol. The Balaban J connectivity index is 2.05. The van der Waals surface area contributed by atoms with Crippen molar-refractivity contribution >= 4 is 29.2 Å². The van der Waals surface area contributed by atoms with Crippen molar-refractivity contribution in [2.75, 3.05) is 12.3 Å². The molecule has 0 fully saturated rings. The van der Waals surface area contributed by atoms with Crippen molar-refractivity contribution in [1.82, 2.24) is 5.16 Å². The van der Waals surface area contributed by atoms with Crippen LogP contribution in [0.1, 0.15) is 26.4 Å². The van der Waals surface area contributed by atoms with E-state index in [4.69, 9.17) is 22.1 Å². The van der Waals surface area contributed by atoms with Crippen LogP contribution in [-0.4, -0.2) is 23.5 Å². The molecule has 0 bridgehead atoms. The summed E-state index contributed by atoms with van der Waals surface area (Å²) in [5.41, 5.74) is 6.07. The van der Waals surface area contributed by atoms with Gasteiger partial charge in [-0.3, -0.25) is 4.79 Å². The first kappa shape index (κ1) is 14.1. The second kappa shape index (κ2) is 5.75. The molecule has 0 spiro atoms. The number of nitrogens with two attached hydrogens (primary N) is 1. The number of ether oxygens (including phenoxy) is 1. The van der Waals surface area contributed by atoms with Crippen LogP contribution < -0.4 is 5.73 Å². The van der Waals surface area contributed by atoms with Gasteiger partial charge in [0.1, 0.15) is 5.56 Å². The normalized spacial score (nSPS) is 10.3. The predicted molar refractivity (Wildman–Crippen MR) is 71.7 cm³/mol. The van der Waals surface area contributed by atoms with Crippen molar-refractivity contribution in [3.8, 4) is 0 Å². The van der Waals surface area contributed by atoms with Crippen molar-refractivity contribution in [2.24, 2.45) is 0 Å². The van der Waals surface area contributed by atoms with Crippen LogP contribution in [0.3, 0.4) is 0 Å². The predicted octanol–water partition coefficient (Wildman–Crippen LogP) is 2.26. The third-order valence-electron chi connectivity index (χ3n) is 2.60. The Labute approximate surface area is 119 Å². The molecule has 1 aromatic heterocycles. The van der Waals surface area contributed by atoms with E-state index in [1.54, 1.807) is 31.2 Å². The van der Waals surface area contributed by atoms with Crippen LogP contribution in [-0.2, 0) is 4.74 Å². The van der Waals surface area contributed by atoms with Gasteiger partial charge in [0.05, 0.1) is 10.7 Å². The molecule has 0 aliphatic rings. The van der Waals surface area contributed by atoms with E-state index in [-0.39, 0.29) is 17.0 Å². The Hall–Kier alpha value is -2.34. The molecule has 2 aromatic rings. The maximum Gasteiger partial charge on any atom is 0.346 e. The van der Waals surface area contributed by atoms with E-state index in [1.807, 2.05) is 0 Å².